The van der Waals surface area contributed by atoms with E-state index in [2.05, 4.69) is 0 Å². The number of alkyl halides is 1. The van der Waals surface area contributed by atoms with Crippen LogP contribution in [-0.2, 0) is 0 Å². The molecule has 0 aromatic rings. The molecule has 0 aromatic carbocycles. The SMILES string of the molecule is C/C=C(\F)CF. The molecule has 6 heavy (non-hydrogen) atoms. The van der Waals surface area contributed by atoms with Gasteiger partial charge >= 0.3 is 0 Å². The van der Waals surface area contributed by atoms with Gasteiger partial charge in [0.25, 0.3) is 0 Å². The lowest BCUT2D eigenvalue weighted by atomic mass is 10.5. The predicted molar refractivity (Wildman–Crippen MR) is 20.8 cm³/mol. The van der Waals surface area contributed by atoms with Gasteiger partial charge in [0, 0.05) is 0 Å². The van der Waals surface area contributed by atoms with E-state index < -0.39 is 12.5 Å². The van der Waals surface area contributed by atoms with E-state index in [1.807, 2.05) is 0 Å². The zero-order valence-electron chi connectivity index (χ0n) is 3.54. The summed E-state index contributed by atoms with van der Waals surface area (Å²) >= 11 is 0. The fourth-order valence-corrected chi connectivity index (χ4v) is 0.0772. The van der Waals surface area contributed by atoms with Gasteiger partial charge in [-0.15, -0.1) is 0 Å². The largest absolute Gasteiger partial charge is 0.243 e. The minimum atomic E-state index is -0.976. The summed E-state index contributed by atoms with van der Waals surface area (Å²) in [7, 11) is 0. The molecule has 0 atom stereocenters. The van der Waals surface area contributed by atoms with Gasteiger partial charge in [-0.2, -0.15) is 0 Å². The lowest BCUT2D eigenvalue weighted by Crippen LogP contribution is -1.69. The van der Waals surface area contributed by atoms with E-state index >= 15 is 0 Å². The predicted octanol–water partition coefficient (Wildman–Crippen LogP) is 1.83. The number of hydrogen-bond acceptors (Lipinski definition) is 0. The van der Waals surface area contributed by atoms with Crippen molar-refractivity contribution < 1.29 is 8.78 Å². The van der Waals surface area contributed by atoms with Crippen molar-refractivity contribution in [3.63, 3.8) is 0 Å². The van der Waals surface area contributed by atoms with Crippen molar-refractivity contribution in [3.05, 3.63) is 11.9 Å². The van der Waals surface area contributed by atoms with Gasteiger partial charge in [0.15, 0.2) is 0 Å². The number of halogens is 2. The first-order valence-electron chi connectivity index (χ1n) is 1.68. The molecule has 0 saturated carbocycles. The highest BCUT2D eigenvalue weighted by Gasteiger charge is 1.83. The molecule has 0 amide bonds. The Hall–Kier alpha value is -0.400. The third kappa shape index (κ3) is 1.88. The molecule has 0 saturated heterocycles. The molecule has 0 heterocycles. The first kappa shape index (κ1) is 5.60. The minimum Gasteiger partial charge on any atom is -0.243 e. The summed E-state index contributed by atoms with van der Waals surface area (Å²) < 4.78 is 22.3. The monoisotopic (exact) mass is 92.0 g/mol. The maximum Gasteiger partial charge on any atom is 0.141 e. The molecular formula is C4H6F2. The molecule has 0 fully saturated rings. The summed E-state index contributed by atoms with van der Waals surface area (Å²) in [5.41, 5.74) is 0. The van der Waals surface area contributed by atoms with Crippen molar-refractivity contribution in [3.8, 4) is 0 Å². The van der Waals surface area contributed by atoms with Crippen molar-refractivity contribution >= 4 is 0 Å². The molecular weight excluding hydrogens is 86.0 g/mol. The standard InChI is InChI=1S/C4H6F2/c1-2-4(6)3-5/h2H,3H2,1H3/b4-2-. The number of hydrogen-bond donors (Lipinski definition) is 0. The second-order valence-corrected chi connectivity index (χ2v) is 0.869. The van der Waals surface area contributed by atoms with E-state index in [0.717, 1.165) is 6.08 Å². The molecule has 0 radical (unpaired) electrons. The summed E-state index contributed by atoms with van der Waals surface area (Å²) in [5, 5.41) is 0. The van der Waals surface area contributed by atoms with E-state index in [1.165, 1.54) is 6.92 Å². The summed E-state index contributed by atoms with van der Waals surface area (Å²) in [6.45, 7) is 0.478. The lowest BCUT2D eigenvalue weighted by molar-refractivity contribution is 0.458. The van der Waals surface area contributed by atoms with Crippen molar-refractivity contribution in [2.45, 2.75) is 6.92 Å². The molecule has 0 bridgehead atoms. The van der Waals surface area contributed by atoms with E-state index in [1.54, 1.807) is 0 Å². The van der Waals surface area contributed by atoms with Gasteiger partial charge in [-0.1, -0.05) is 6.08 Å². The first-order valence-corrected chi connectivity index (χ1v) is 1.68. The molecule has 0 spiro atoms. The Labute approximate surface area is 35.5 Å². The molecule has 0 aromatic heterocycles. The van der Waals surface area contributed by atoms with Crippen LogP contribution >= 0.6 is 0 Å². The van der Waals surface area contributed by atoms with Gasteiger partial charge in [0.2, 0.25) is 0 Å². The second kappa shape index (κ2) is 2.82. The van der Waals surface area contributed by atoms with Crippen LogP contribution in [0.1, 0.15) is 6.92 Å². The van der Waals surface area contributed by atoms with Gasteiger partial charge in [-0.05, 0) is 6.92 Å². The zero-order chi connectivity index (χ0) is 4.99. The van der Waals surface area contributed by atoms with Crippen LogP contribution in [0.5, 0.6) is 0 Å². The molecule has 2 heteroatoms. The van der Waals surface area contributed by atoms with Crippen LogP contribution in [0.2, 0.25) is 0 Å². The Morgan fingerprint density at radius 3 is 2.33 bits per heavy atom. The number of allylic oxidation sites excluding steroid dienone is 2. The smallest absolute Gasteiger partial charge is 0.141 e. The van der Waals surface area contributed by atoms with Crippen molar-refractivity contribution in [2.75, 3.05) is 6.67 Å². The van der Waals surface area contributed by atoms with Crippen LogP contribution in [0.4, 0.5) is 8.78 Å². The van der Waals surface area contributed by atoms with E-state index in [4.69, 9.17) is 0 Å². The van der Waals surface area contributed by atoms with E-state index in [0.29, 0.717) is 0 Å². The quantitative estimate of drug-likeness (QED) is 0.463. The van der Waals surface area contributed by atoms with Gasteiger partial charge in [0.05, 0.1) is 0 Å². The minimum absolute atomic E-state index is 0.699. The third-order valence-electron chi connectivity index (χ3n) is 0.441. The third-order valence-corrected chi connectivity index (χ3v) is 0.441. The fourth-order valence-electron chi connectivity index (χ4n) is 0.0772. The number of rotatable bonds is 1. The van der Waals surface area contributed by atoms with Crippen molar-refractivity contribution in [1.29, 1.82) is 0 Å². The highest BCUT2D eigenvalue weighted by atomic mass is 19.2. The van der Waals surface area contributed by atoms with Crippen LogP contribution < -0.4 is 0 Å². The summed E-state index contributed by atoms with van der Waals surface area (Å²) in [6.07, 6.45) is 1.10. The van der Waals surface area contributed by atoms with Crippen LogP contribution in [-0.4, -0.2) is 6.67 Å². The summed E-state index contributed by atoms with van der Waals surface area (Å²) in [4.78, 5) is 0. The molecule has 36 valence electrons. The van der Waals surface area contributed by atoms with Gasteiger partial charge < -0.3 is 0 Å². The Morgan fingerprint density at radius 1 is 1.83 bits per heavy atom. The van der Waals surface area contributed by atoms with Crippen molar-refractivity contribution in [1.82, 2.24) is 0 Å². The van der Waals surface area contributed by atoms with Gasteiger partial charge in [0.1, 0.15) is 12.5 Å². The Bertz CT molecular complexity index is 56.6. The van der Waals surface area contributed by atoms with Gasteiger partial charge in [-0.25, -0.2) is 8.78 Å². The molecule has 0 N–H and O–H groups in total. The lowest BCUT2D eigenvalue weighted by Gasteiger charge is -1.76. The molecule has 0 rings (SSSR count). The summed E-state index contributed by atoms with van der Waals surface area (Å²) in [6, 6.07) is 0. The van der Waals surface area contributed by atoms with E-state index in [-0.39, 0.29) is 0 Å². The molecule has 0 aliphatic heterocycles. The molecule has 0 nitrogen and oxygen atoms in total. The molecule has 0 unspecified atom stereocenters. The van der Waals surface area contributed by atoms with Crippen LogP contribution in [0, 0.1) is 0 Å². The average molecular weight is 92.1 g/mol. The maximum absolute atomic E-state index is 11.3. The Morgan fingerprint density at radius 2 is 2.33 bits per heavy atom. The summed E-state index contributed by atoms with van der Waals surface area (Å²) in [5.74, 6) is -0.699. The first-order chi connectivity index (χ1) is 2.81. The maximum atomic E-state index is 11.3. The van der Waals surface area contributed by atoms with Crippen LogP contribution in [0.3, 0.4) is 0 Å². The average Bonchev–Trinajstić information content (AvgIpc) is 1.65. The molecule has 0 aliphatic rings. The zero-order valence-corrected chi connectivity index (χ0v) is 3.54. The molecule has 0 aliphatic carbocycles. The van der Waals surface area contributed by atoms with Crippen molar-refractivity contribution in [2.24, 2.45) is 0 Å². The normalized spacial score (nSPS) is 12.2. The highest BCUT2D eigenvalue weighted by Crippen LogP contribution is 1.92. The topological polar surface area (TPSA) is 0 Å². The van der Waals surface area contributed by atoms with Crippen LogP contribution in [0.15, 0.2) is 11.9 Å². The fraction of sp³-hybridized carbons (Fsp3) is 0.500. The highest BCUT2D eigenvalue weighted by molar-refractivity contribution is 4.86. The second-order valence-electron chi connectivity index (χ2n) is 0.869. The Kier molecular flexibility index (Phi) is 2.63. The van der Waals surface area contributed by atoms with E-state index in [9.17, 15) is 8.78 Å². The Balaban J connectivity index is 3.22. The van der Waals surface area contributed by atoms with Crippen LogP contribution in [0.25, 0.3) is 0 Å². The van der Waals surface area contributed by atoms with Gasteiger partial charge in [-0.3, -0.25) is 0 Å².